The summed E-state index contributed by atoms with van der Waals surface area (Å²) >= 11 is 2.04. The van der Waals surface area contributed by atoms with Crippen LogP contribution in [-0.4, -0.2) is 22.5 Å². The second kappa shape index (κ2) is 4.69. The number of hydrogen-bond donors (Lipinski definition) is 1. The third kappa shape index (κ3) is 2.64. The molecule has 1 saturated heterocycles. The van der Waals surface area contributed by atoms with Crippen molar-refractivity contribution < 1.29 is 0 Å². The van der Waals surface area contributed by atoms with Crippen LogP contribution >= 0.6 is 11.8 Å². The molecule has 1 aliphatic rings. The number of nitrogens with one attached hydrogen (secondary N) is 1. The Labute approximate surface area is 89.5 Å². The Bertz CT molecular complexity index is 295. The van der Waals surface area contributed by atoms with Crippen molar-refractivity contribution in [3.05, 3.63) is 23.9 Å². The van der Waals surface area contributed by atoms with Gasteiger partial charge in [-0.1, -0.05) is 6.07 Å². The van der Waals surface area contributed by atoms with Gasteiger partial charge in [-0.25, -0.2) is 4.98 Å². The number of anilines is 1. The molecule has 1 N–H and O–H groups in total. The molecule has 1 aliphatic heterocycles. The highest BCUT2D eigenvalue weighted by Gasteiger charge is 2.13. The molecule has 0 aliphatic carbocycles. The normalized spacial score (nSPS) is 21.9. The fourth-order valence-electron chi connectivity index (χ4n) is 1.69. The van der Waals surface area contributed by atoms with Gasteiger partial charge in [0.2, 0.25) is 0 Å². The minimum atomic E-state index is 0.614. The number of thioether (sulfide) groups is 1. The maximum absolute atomic E-state index is 4.45. The number of aryl methyl sites for hydroxylation is 1. The van der Waals surface area contributed by atoms with E-state index in [-0.39, 0.29) is 0 Å². The van der Waals surface area contributed by atoms with Crippen molar-refractivity contribution >= 4 is 17.6 Å². The first-order valence-corrected chi connectivity index (χ1v) is 6.28. The molecular weight excluding hydrogens is 192 g/mol. The molecule has 1 aromatic heterocycles. The molecule has 14 heavy (non-hydrogen) atoms. The molecule has 0 aromatic carbocycles. The van der Waals surface area contributed by atoms with Gasteiger partial charge < -0.3 is 5.32 Å². The summed E-state index contributed by atoms with van der Waals surface area (Å²) in [5.74, 6) is 3.56. The van der Waals surface area contributed by atoms with Gasteiger partial charge in [-0.2, -0.15) is 11.8 Å². The first-order valence-electron chi connectivity index (χ1n) is 5.12. The molecule has 0 radical (unpaired) electrons. The van der Waals surface area contributed by atoms with E-state index in [9.17, 15) is 0 Å². The topological polar surface area (TPSA) is 24.9 Å². The monoisotopic (exact) mass is 208 g/mol. The molecule has 76 valence electrons. The van der Waals surface area contributed by atoms with E-state index in [1.807, 2.05) is 30.8 Å². The Hall–Kier alpha value is -0.700. The van der Waals surface area contributed by atoms with Crippen molar-refractivity contribution in [1.82, 2.24) is 4.98 Å². The molecular formula is C11H16N2S. The molecule has 2 nitrogen and oxygen atoms in total. The number of nitrogens with zero attached hydrogens (tertiary/aromatic N) is 1. The zero-order valence-corrected chi connectivity index (χ0v) is 9.31. The van der Waals surface area contributed by atoms with E-state index in [4.69, 9.17) is 0 Å². The highest BCUT2D eigenvalue weighted by molar-refractivity contribution is 7.99. The molecule has 2 rings (SSSR count). The summed E-state index contributed by atoms with van der Waals surface area (Å²) in [6.45, 7) is 2.03. The summed E-state index contributed by atoms with van der Waals surface area (Å²) in [6, 6.07) is 6.75. The molecule has 1 atom stereocenters. The minimum absolute atomic E-state index is 0.614. The Morgan fingerprint density at radius 3 is 3.14 bits per heavy atom. The van der Waals surface area contributed by atoms with Crippen LogP contribution in [-0.2, 0) is 0 Å². The van der Waals surface area contributed by atoms with Crippen LogP contribution in [0.3, 0.4) is 0 Å². The van der Waals surface area contributed by atoms with E-state index in [1.54, 1.807) is 0 Å². The van der Waals surface area contributed by atoms with E-state index in [0.29, 0.717) is 6.04 Å². The summed E-state index contributed by atoms with van der Waals surface area (Å²) in [5.41, 5.74) is 1.08. The molecule has 2 heterocycles. The molecule has 1 unspecified atom stereocenters. The Morgan fingerprint density at radius 1 is 1.50 bits per heavy atom. The SMILES string of the molecule is Cc1cccc(NC2CCCSC2)n1. The Balaban J connectivity index is 1.95. The average Bonchev–Trinajstić information content (AvgIpc) is 2.19. The Kier molecular flexibility index (Phi) is 3.30. The first kappa shape index (κ1) is 9.84. The third-order valence-electron chi connectivity index (χ3n) is 2.40. The van der Waals surface area contributed by atoms with Gasteiger partial charge in [0.15, 0.2) is 0 Å². The highest BCUT2D eigenvalue weighted by atomic mass is 32.2. The van der Waals surface area contributed by atoms with Gasteiger partial charge in [0.25, 0.3) is 0 Å². The van der Waals surface area contributed by atoms with Gasteiger partial charge in [0.1, 0.15) is 5.82 Å². The van der Waals surface area contributed by atoms with Gasteiger partial charge in [0.05, 0.1) is 0 Å². The largest absolute Gasteiger partial charge is 0.367 e. The van der Waals surface area contributed by atoms with Crippen molar-refractivity contribution in [3.8, 4) is 0 Å². The molecule has 1 aromatic rings. The molecule has 0 saturated carbocycles. The van der Waals surface area contributed by atoms with Gasteiger partial charge in [-0.15, -0.1) is 0 Å². The van der Waals surface area contributed by atoms with Gasteiger partial charge in [0, 0.05) is 17.5 Å². The summed E-state index contributed by atoms with van der Waals surface area (Å²) in [4.78, 5) is 4.45. The molecule has 0 amide bonds. The van der Waals surface area contributed by atoms with Crippen molar-refractivity contribution in [3.63, 3.8) is 0 Å². The second-order valence-electron chi connectivity index (χ2n) is 3.72. The van der Waals surface area contributed by atoms with Crippen LogP contribution in [0.15, 0.2) is 18.2 Å². The van der Waals surface area contributed by atoms with E-state index in [1.165, 1.54) is 24.3 Å². The van der Waals surface area contributed by atoms with Gasteiger partial charge in [-0.05, 0) is 37.7 Å². The molecule has 1 fully saturated rings. The van der Waals surface area contributed by atoms with Crippen molar-refractivity contribution in [2.45, 2.75) is 25.8 Å². The highest BCUT2D eigenvalue weighted by Crippen LogP contribution is 2.19. The second-order valence-corrected chi connectivity index (χ2v) is 4.87. The smallest absolute Gasteiger partial charge is 0.126 e. The third-order valence-corrected chi connectivity index (χ3v) is 3.62. The van der Waals surface area contributed by atoms with Crippen LogP contribution in [0.4, 0.5) is 5.82 Å². The quantitative estimate of drug-likeness (QED) is 0.809. The van der Waals surface area contributed by atoms with E-state index < -0.39 is 0 Å². The summed E-state index contributed by atoms with van der Waals surface area (Å²) in [5, 5.41) is 3.49. The lowest BCUT2D eigenvalue weighted by Gasteiger charge is -2.22. The zero-order chi connectivity index (χ0) is 9.80. The maximum Gasteiger partial charge on any atom is 0.126 e. The fraction of sp³-hybridized carbons (Fsp3) is 0.545. The standard InChI is InChI=1S/C11H16N2S/c1-9-4-2-6-11(12-9)13-10-5-3-7-14-8-10/h2,4,6,10H,3,5,7-8H2,1H3,(H,12,13). The van der Waals surface area contributed by atoms with E-state index >= 15 is 0 Å². The Morgan fingerprint density at radius 2 is 2.43 bits per heavy atom. The lowest BCUT2D eigenvalue weighted by Crippen LogP contribution is -2.26. The average molecular weight is 208 g/mol. The van der Waals surface area contributed by atoms with E-state index in [2.05, 4.69) is 16.4 Å². The van der Waals surface area contributed by atoms with Crippen molar-refractivity contribution in [1.29, 1.82) is 0 Å². The first-order chi connectivity index (χ1) is 6.84. The van der Waals surface area contributed by atoms with Crippen molar-refractivity contribution in [2.24, 2.45) is 0 Å². The maximum atomic E-state index is 4.45. The fourth-order valence-corrected chi connectivity index (χ4v) is 2.76. The zero-order valence-electron chi connectivity index (χ0n) is 8.49. The lowest BCUT2D eigenvalue weighted by molar-refractivity contribution is 0.682. The minimum Gasteiger partial charge on any atom is -0.367 e. The summed E-state index contributed by atoms with van der Waals surface area (Å²) in [6.07, 6.45) is 2.61. The van der Waals surface area contributed by atoms with Gasteiger partial charge >= 0.3 is 0 Å². The van der Waals surface area contributed by atoms with Gasteiger partial charge in [-0.3, -0.25) is 0 Å². The predicted molar refractivity (Wildman–Crippen MR) is 62.9 cm³/mol. The van der Waals surface area contributed by atoms with Crippen LogP contribution < -0.4 is 5.32 Å². The van der Waals surface area contributed by atoms with Crippen LogP contribution in [0, 0.1) is 6.92 Å². The number of rotatable bonds is 2. The number of pyridine rings is 1. The van der Waals surface area contributed by atoms with E-state index in [0.717, 1.165) is 11.5 Å². The van der Waals surface area contributed by atoms with Crippen LogP contribution in [0.25, 0.3) is 0 Å². The summed E-state index contributed by atoms with van der Waals surface area (Å²) in [7, 11) is 0. The van der Waals surface area contributed by atoms with Crippen molar-refractivity contribution in [2.75, 3.05) is 16.8 Å². The van der Waals surface area contributed by atoms with Crippen LogP contribution in [0.5, 0.6) is 0 Å². The number of aromatic nitrogens is 1. The van der Waals surface area contributed by atoms with Crippen LogP contribution in [0.1, 0.15) is 18.5 Å². The summed E-state index contributed by atoms with van der Waals surface area (Å²) < 4.78 is 0. The van der Waals surface area contributed by atoms with Crippen LogP contribution in [0.2, 0.25) is 0 Å². The molecule has 0 spiro atoms. The molecule has 3 heteroatoms. The number of hydrogen-bond acceptors (Lipinski definition) is 3. The lowest BCUT2D eigenvalue weighted by atomic mass is 10.2. The molecule has 0 bridgehead atoms. The predicted octanol–water partition coefficient (Wildman–Crippen LogP) is 2.70.